The lowest BCUT2D eigenvalue weighted by atomic mass is 10.1. The van der Waals surface area contributed by atoms with Crippen LogP contribution >= 0.6 is 0 Å². The van der Waals surface area contributed by atoms with Gasteiger partial charge in [-0.3, -0.25) is 9.10 Å². The minimum Gasteiger partial charge on any atom is -0.491 e. The number of nitrogens with one attached hydrogen (secondary N) is 1. The summed E-state index contributed by atoms with van der Waals surface area (Å²) in [6, 6.07) is 14.3. The van der Waals surface area contributed by atoms with Gasteiger partial charge in [-0.15, -0.1) is 0 Å². The zero-order valence-corrected chi connectivity index (χ0v) is 17.8. The SMILES string of the molecule is Cc1ccc([C@@H](C)NC(=O)CN(c2cccc(OC(C)C)c2)S(C)(=O)=O)cc1. The van der Waals surface area contributed by atoms with Crippen molar-refractivity contribution in [1.29, 1.82) is 0 Å². The van der Waals surface area contributed by atoms with Crippen LogP contribution in [0.5, 0.6) is 5.75 Å². The van der Waals surface area contributed by atoms with Crippen molar-refractivity contribution in [2.75, 3.05) is 17.1 Å². The Balaban J connectivity index is 2.16. The molecule has 0 aliphatic rings. The molecular weight excluding hydrogens is 376 g/mol. The van der Waals surface area contributed by atoms with Crippen LogP contribution in [0.4, 0.5) is 5.69 Å². The van der Waals surface area contributed by atoms with Crippen molar-refractivity contribution in [3.05, 3.63) is 59.7 Å². The average molecular weight is 405 g/mol. The Bertz CT molecular complexity index is 908. The Morgan fingerprint density at radius 1 is 1.11 bits per heavy atom. The van der Waals surface area contributed by atoms with E-state index >= 15 is 0 Å². The molecule has 1 amide bonds. The maximum Gasteiger partial charge on any atom is 0.241 e. The summed E-state index contributed by atoms with van der Waals surface area (Å²) in [5, 5.41) is 2.86. The monoisotopic (exact) mass is 404 g/mol. The molecule has 152 valence electrons. The molecular formula is C21H28N2O4S. The van der Waals surface area contributed by atoms with Crippen LogP contribution in [0.15, 0.2) is 48.5 Å². The van der Waals surface area contributed by atoms with E-state index in [9.17, 15) is 13.2 Å². The summed E-state index contributed by atoms with van der Waals surface area (Å²) in [6.07, 6.45) is 1.04. The quantitative estimate of drug-likeness (QED) is 0.731. The third kappa shape index (κ3) is 6.27. The second kappa shape index (κ2) is 9.10. The topological polar surface area (TPSA) is 75.7 Å². The minimum absolute atomic E-state index is 0.0411. The predicted molar refractivity (Wildman–Crippen MR) is 112 cm³/mol. The third-order valence-corrected chi connectivity index (χ3v) is 5.26. The maximum absolute atomic E-state index is 12.5. The molecule has 0 aliphatic carbocycles. The Morgan fingerprint density at radius 3 is 2.32 bits per heavy atom. The molecule has 0 saturated carbocycles. The van der Waals surface area contributed by atoms with Crippen LogP contribution < -0.4 is 14.4 Å². The largest absolute Gasteiger partial charge is 0.491 e. The summed E-state index contributed by atoms with van der Waals surface area (Å²) in [5.74, 6) is 0.170. The van der Waals surface area contributed by atoms with Gasteiger partial charge in [-0.2, -0.15) is 0 Å². The van der Waals surface area contributed by atoms with Crippen molar-refractivity contribution in [1.82, 2.24) is 5.32 Å². The average Bonchev–Trinajstić information content (AvgIpc) is 2.59. The number of ether oxygens (including phenoxy) is 1. The van der Waals surface area contributed by atoms with E-state index in [4.69, 9.17) is 4.74 Å². The molecule has 1 atom stereocenters. The van der Waals surface area contributed by atoms with Gasteiger partial charge in [-0.1, -0.05) is 35.9 Å². The number of amides is 1. The Labute approximate surface area is 167 Å². The molecule has 0 saturated heterocycles. The normalized spacial score (nSPS) is 12.5. The van der Waals surface area contributed by atoms with Gasteiger partial charge in [0.1, 0.15) is 12.3 Å². The number of carbonyl (C=O) groups excluding carboxylic acids is 1. The highest BCUT2D eigenvalue weighted by Crippen LogP contribution is 2.24. The van der Waals surface area contributed by atoms with E-state index in [0.29, 0.717) is 11.4 Å². The fourth-order valence-corrected chi connectivity index (χ4v) is 3.59. The maximum atomic E-state index is 12.5. The highest BCUT2D eigenvalue weighted by Gasteiger charge is 2.22. The van der Waals surface area contributed by atoms with Gasteiger partial charge < -0.3 is 10.1 Å². The molecule has 7 heteroatoms. The fraction of sp³-hybridized carbons (Fsp3) is 0.381. The van der Waals surface area contributed by atoms with Crippen LogP contribution in [0, 0.1) is 6.92 Å². The highest BCUT2D eigenvalue weighted by molar-refractivity contribution is 7.92. The summed E-state index contributed by atoms with van der Waals surface area (Å²) in [7, 11) is -3.65. The Morgan fingerprint density at radius 2 is 1.75 bits per heavy atom. The molecule has 2 rings (SSSR count). The number of carbonyl (C=O) groups is 1. The van der Waals surface area contributed by atoms with E-state index in [1.54, 1.807) is 24.3 Å². The van der Waals surface area contributed by atoms with Crippen molar-refractivity contribution >= 4 is 21.6 Å². The molecule has 6 nitrogen and oxygen atoms in total. The first kappa shape index (κ1) is 21.8. The molecule has 0 radical (unpaired) electrons. The highest BCUT2D eigenvalue weighted by atomic mass is 32.2. The molecule has 0 aliphatic heterocycles. The Kier molecular flexibility index (Phi) is 7.07. The number of sulfonamides is 1. The van der Waals surface area contributed by atoms with E-state index < -0.39 is 10.0 Å². The molecule has 0 bridgehead atoms. The molecule has 2 aromatic rings. The molecule has 0 aromatic heterocycles. The van der Waals surface area contributed by atoms with Gasteiger partial charge in [0.25, 0.3) is 0 Å². The molecule has 1 N–H and O–H groups in total. The predicted octanol–water partition coefficient (Wildman–Crippen LogP) is 3.43. The lowest BCUT2D eigenvalue weighted by molar-refractivity contribution is -0.120. The van der Waals surface area contributed by atoms with Gasteiger partial charge in [0.05, 0.1) is 24.1 Å². The van der Waals surface area contributed by atoms with E-state index in [0.717, 1.165) is 21.7 Å². The van der Waals surface area contributed by atoms with Crippen molar-refractivity contribution in [3.8, 4) is 5.75 Å². The second-order valence-corrected chi connectivity index (χ2v) is 9.04. The molecule has 0 unspecified atom stereocenters. The van der Waals surface area contributed by atoms with Crippen molar-refractivity contribution in [3.63, 3.8) is 0 Å². The van der Waals surface area contributed by atoms with Crippen LogP contribution in [0.3, 0.4) is 0 Å². The first-order valence-electron chi connectivity index (χ1n) is 9.16. The van der Waals surface area contributed by atoms with Gasteiger partial charge in [0.15, 0.2) is 0 Å². The molecule has 0 heterocycles. The first-order valence-corrected chi connectivity index (χ1v) is 11.0. The summed E-state index contributed by atoms with van der Waals surface area (Å²) in [6.45, 7) is 7.33. The number of aryl methyl sites for hydroxylation is 1. The number of rotatable bonds is 8. The zero-order valence-electron chi connectivity index (χ0n) is 17.0. The van der Waals surface area contributed by atoms with E-state index in [-0.39, 0.29) is 24.6 Å². The summed E-state index contributed by atoms with van der Waals surface area (Å²) in [5.41, 5.74) is 2.48. The third-order valence-electron chi connectivity index (χ3n) is 4.12. The van der Waals surface area contributed by atoms with Crippen LogP contribution in [0.25, 0.3) is 0 Å². The van der Waals surface area contributed by atoms with E-state index in [1.807, 2.05) is 52.0 Å². The lowest BCUT2D eigenvalue weighted by Gasteiger charge is -2.24. The number of anilines is 1. The zero-order chi connectivity index (χ0) is 20.9. The lowest BCUT2D eigenvalue weighted by Crippen LogP contribution is -2.41. The number of nitrogens with zero attached hydrogens (tertiary/aromatic N) is 1. The van der Waals surface area contributed by atoms with E-state index in [2.05, 4.69) is 5.32 Å². The number of benzene rings is 2. The molecule has 2 aromatic carbocycles. The van der Waals surface area contributed by atoms with Gasteiger partial charge in [0.2, 0.25) is 15.9 Å². The summed E-state index contributed by atoms with van der Waals surface area (Å²) >= 11 is 0. The Hall–Kier alpha value is -2.54. The molecule has 0 spiro atoms. The number of hydrogen-bond donors (Lipinski definition) is 1. The van der Waals surface area contributed by atoms with Crippen LogP contribution in [-0.4, -0.2) is 33.2 Å². The second-order valence-electron chi connectivity index (χ2n) is 7.13. The molecule has 0 fully saturated rings. The smallest absolute Gasteiger partial charge is 0.241 e. The molecule has 28 heavy (non-hydrogen) atoms. The van der Waals surface area contributed by atoms with Gasteiger partial charge >= 0.3 is 0 Å². The van der Waals surface area contributed by atoms with Gasteiger partial charge in [-0.05, 0) is 45.4 Å². The van der Waals surface area contributed by atoms with E-state index in [1.165, 1.54) is 0 Å². The van der Waals surface area contributed by atoms with Crippen LogP contribution in [0.1, 0.15) is 37.9 Å². The number of hydrogen-bond acceptors (Lipinski definition) is 4. The van der Waals surface area contributed by atoms with Gasteiger partial charge in [0, 0.05) is 6.07 Å². The van der Waals surface area contributed by atoms with Crippen molar-refractivity contribution in [2.24, 2.45) is 0 Å². The first-order chi connectivity index (χ1) is 13.1. The minimum atomic E-state index is -3.65. The van der Waals surface area contributed by atoms with Gasteiger partial charge in [-0.25, -0.2) is 8.42 Å². The van der Waals surface area contributed by atoms with Crippen molar-refractivity contribution in [2.45, 2.75) is 39.8 Å². The summed E-state index contributed by atoms with van der Waals surface area (Å²) in [4.78, 5) is 12.5. The van der Waals surface area contributed by atoms with Crippen molar-refractivity contribution < 1.29 is 17.9 Å². The van der Waals surface area contributed by atoms with Crippen LogP contribution in [-0.2, 0) is 14.8 Å². The summed E-state index contributed by atoms with van der Waals surface area (Å²) < 4.78 is 31.3. The fourth-order valence-electron chi connectivity index (χ4n) is 2.74. The standard InChI is InChI=1S/C21H28N2O4S/c1-15(2)27-20-8-6-7-19(13-20)23(28(5,25)26)14-21(24)22-17(4)18-11-9-16(3)10-12-18/h6-13,15,17H,14H2,1-5H3,(H,22,24)/t17-/m1/s1. The van der Waals surface area contributed by atoms with Crippen LogP contribution in [0.2, 0.25) is 0 Å².